The summed E-state index contributed by atoms with van der Waals surface area (Å²) in [6.07, 6.45) is -3.44. The van der Waals surface area contributed by atoms with E-state index in [9.17, 15) is 9.90 Å². The number of methoxy groups -OCH3 is 2. The number of hydrogen-bond donors (Lipinski definition) is 1. The van der Waals surface area contributed by atoms with Crippen molar-refractivity contribution < 1.29 is 62.0 Å². The molecular formula is C58H72O13. The molecule has 1 N–H and O–H groups in total. The largest absolute Gasteiger partial charge is 0.469 e. The lowest BCUT2D eigenvalue weighted by molar-refractivity contribution is -0.381. The Bertz CT molecular complexity index is 2170. The monoisotopic (exact) mass is 976 g/mol. The Morgan fingerprint density at radius 2 is 0.887 bits per heavy atom. The molecule has 7 rings (SSSR count). The van der Waals surface area contributed by atoms with Crippen LogP contribution in [0.1, 0.15) is 72.8 Å². The maximum Gasteiger partial charge on any atom is 0.305 e. The number of carbonyl (C=O) groups excluding carboxylic acids is 1. The van der Waals surface area contributed by atoms with E-state index in [0.717, 1.165) is 66.3 Å². The van der Waals surface area contributed by atoms with Crippen LogP contribution in [0.4, 0.5) is 0 Å². The van der Waals surface area contributed by atoms with E-state index in [-0.39, 0.29) is 45.6 Å². The summed E-state index contributed by atoms with van der Waals surface area (Å²) in [6, 6.07) is 49.6. The van der Waals surface area contributed by atoms with E-state index in [1.807, 2.05) is 152 Å². The average molecular weight is 977 g/mol. The van der Waals surface area contributed by atoms with Crippen molar-refractivity contribution in [3.8, 4) is 0 Å². The van der Waals surface area contributed by atoms with Crippen LogP contribution in [0.25, 0.3) is 0 Å². The molecule has 5 aromatic carbocycles. The molecule has 0 amide bonds. The van der Waals surface area contributed by atoms with Crippen LogP contribution in [-0.4, -0.2) is 107 Å². The fourth-order valence-corrected chi connectivity index (χ4v) is 8.82. The van der Waals surface area contributed by atoms with E-state index in [1.54, 1.807) is 7.11 Å². The number of rotatable bonds is 30. The number of hydrogen-bond acceptors (Lipinski definition) is 13. The molecule has 13 nitrogen and oxygen atoms in total. The number of carbonyl (C=O) groups is 1. The van der Waals surface area contributed by atoms with E-state index >= 15 is 0 Å². The molecule has 0 aliphatic carbocycles. The molecule has 5 aromatic rings. The third kappa shape index (κ3) is 17.4. The molecule has 71 heavy (non-hydrogen) atoms. The molecule has 2 aliphatic heterocycles. The standard InChI is InChI=1S/C58H72O13/c1-61-41-48-51(60)53(66-38-45-28-16-9-17-29-45)56(57(69-48)64-35-23-6-4-3-5-22-34-50(59)62-2)71-58-55(68-40-47-32-20-11-21-33-47)54(67-39-46-30-18-10-19-31-46)52(65-37-44-26-14-8-15-27-44)49(70-58)42-63-36-43-24-12-7-13-25-43/h7-21,24-33,48-49,51-58,60H,3-6,22-23,34-42H2,1-2H3/t48-,49-,51-,52-,53+,54+,55-,56-,57+,58-/m1/s1. The first-order valence-electron chi connectivity index (χ1n) is 25.0. The minimum Gasteiger partial charge on any atom is -0.469 e. The van der Waals surface area contributed by atoms with Crippen LogP contribution in [0.5, 0.6) is 0 Å². The van der Waals surface area contributed by atoms with Crippen LogP contribution in [0.3, 0.4) is 0 Å². The number of benzene rings is 5. The van der Waals surface area contributed by atoms with E-state index in [4.69, 9.17) is 52.1 Å². The second kappa shape index (κ2) is 30.2. The van der Waals surface area contributed by atoms with E-state index < -0.39 is 61.4 Å². The first kappa shape index (κ1) is 53.9. The van der Waals surface area contributed by atoms with Crippen molar-refractivity contribution in [3.05, 3.63) is 179 Å². The van der Waals surface area contributed by atoms with Gasteiger partial charge in [0.05, 0.1) is 53.4 Å². The molecule has 0 spiro atoms. The van der Waals surface area contributed by atoms with Crippen LogP contribution >= 0.6 is 0 Å². The summed E-state index contributed by atoms with van der Waals surface area (Å²) in [7, 11) is 2.98. The van der Waals surface area contributed by atoms with Gasteiger partial charge in [0.1, 0.15) is 48.8 Å². The van der Waals surface area contributed by atoms with Crippen molar-refractivity contribution >= 4 is 5.97 Å². The molecule has 382 valence electrons. The van der Waals surface area contributed by atoms with Gasteiger partial charge in [0, 0.05) is 20.1 Å². The minimum absolute atomic E-state index is 0.0872. The number of ether oxygens (including phenoxy) is 11. The third-order valence-electron chi connectivity index (χ3n) is 12.7. The van der Waals surface area contributed by atoms with E-state index in [2.05, 4.69) is 0 Å². The smallest absolute Gasteiger partial charge is 0.305 e. The zero-order valence-corrected chi connectivity index (χ0v) is 41.2. The second-order valence-electron chi connectivity index (χ2n) is 18.0. The predicted molar refractivity (Wildman–Crippen MR) is 267 cm³/mol. The van der Waals surface area contributed by atoms with Crippen LogP contribution in [0.2, 0.25) is 0 Å². The number of unbranched alkanes of at least 4 members (excludes halogenated alkanes) is 5. The van der Waals surface area contributed by atoms with Gasteiger partial charge in [-0.3, -0.25) is 4.79 Å². The molecule has 2 aliphatic rings. The van der Waals surface area contributed by atoms with Gasteiger partial charge in [-0.1, -0.05) is 177 Å². The Morgan fingerprint density at radius 1 is 0.451 bits per heavy atom. The maximum atomic E-state index is 12.2. The summed E-state index contributed by atoms with van der Waals surface area (Å²) in [6.45, 7) is 1.80. The normalized spacial score (nSPS) is 24.4. The SMILES string of the molecule is COC[C@H]1O[C@H](OCCCCCCCCC(=O)OC)[C@H](O[C@H]2O[C@H](COCc3ccccc3)[C@@H](OCc3ccccc3)[C@H](OCc3ccccc3)[C@H]2OCc2ccccc2)[C@@H](OCc2ccccc2)[C@@H]1O. The lowest BCUT2D eigenvalue weighted by Gasteiger charge is -2.49. The molecule has 10 atom stereocenters. The Kier molecular flexibility index (Phi) is 23.0. The van der Waals surface area contributed by atoms with Gasteiger partial charge in [-0.2, -0.15) is 0 Å². The molecule has 13 heteroatoms. The topological polar surface area (TPSA) is 139 Å². The van der Waals surface area contributed by atoms with Gasteiger partial charge in [-0.15, -0.1) is 0 Å². The van der Waals surface area contributed by atoms with Gasteiger partial charge in [0.15, 0.2) is 12.6 Å². The average Bonchev–Trinajstić information content (AvgIpc) is 3.41. The highest BCUT2D eigenvalue weighted by Crippen LogP contribution is 2.36. The zero-order valence-electron chi connectivity index (χ0n) is 41.2. The van der Waals surface area contributed by atoms with Crippen LogP contribution < -0.4 is 0 Å². The summed E-state index contributed by atoms with van der Waals surface area (Å²) < 4.78 is 72.0. The molecule has 2 heterocycles. The van der Waals surface area contributed by atoms with Crippen LogP contribution in [0, 0.1) is 0 Å². The van der Waals surface area contributed by atoms with Crippen molar-refractivity contribution in [2.24, 2.45) is 0 Å². The third-order valence-corrected chi connectivity index (χ3v) is 12.7. The van der Waals surface area contributed by atoms with Gasteiger partial charge >= 0.3 is 5.97 Å². The highest BCUT2D eigenvalue weighted by atomic mass is 16.8. The molecule has 2 saturated heterocycles. The molecule has 0 aromatic heterocycles. The quantitative estimate of drug-likeness (QED) is 0.0346. The molecule has 0 radical (unpaired) electrons. The van der Waals surface area contributed by atoms with Gasteiger partial charge < -0.3 is 57.2 Å². The Morgan fingerprint density at radius 3 is 1.39 bits per heavy atom. The van der Waals surface area contributed by atoms with Gasteiger partial charge in [-0.05, 0) is 40.7 Å². The lowest BCUT2D eigenvalue weighted by atomic mass is 9.96. The highest BCUT2D eigenvalue weighted by Gasteiger charge is 2.54. The van der Waals surface area contributed by atoms with Crippen molar-refractivity contribution in [1.82, 2.24) is 0 Å². The first-order chi connectivity index (χ1) is 35.0. The Labute approximate surface area is 419 Å². The van der Waals surface area contributed by atoms with E-state index in [0.29, 0.717) is 19.6 Å². The highest BCUT2D eigenvalue weighted by molar-refractivity contribution is 5.68. The first-order valence-corrected chi connectivity index (χ1v) is 25.0. The minimum atomic E-state index is -1.18. The van der Waals surface area contributed by atoms with Gasteiger partial charge in [-0.25, -0.2) is 0 Å². The maximum absolute atomic E-state index is 12.2. The van der Waals surface area contributed by atoms with Crippen molar-refractivity contribution in [2.75, 3.05) is 34.0 Å². The summed E-state index contributed by atoms with van der Waals surface area (Å²) in [5.41, 5.74) is 4.81. The number of aliphatic hydroxyl groups excluding tert-OH is 1. The van der Waals surface area contributed by atoms with Crippen LogP contribution in [-0.2, 0) is 89.9 Å². The van der Waals surface area contributed by atoms with Gasteiger partial charge in [0.25, 0.3) is 0 Å². The van der Waals surface area contributed by atoms with E-state index in [1.165, 1.54) is 7.11 Å². The van der Waals surface area contributed by atoms with Crippen LogP contribution in [0.15, 0.2) is 152 Å². The van der Waals surface area contributed by atoms with Crippen molar-refractivity contribution in [1.29, 1.82) is 0 Å². The summed E-state index contributed by atoms with van der Waals surface area (Å²) in [5, 5.41) is 12.2. The van der Waals surface area contributed by atoms with Crippen molar-refractivity contribution in [2.45, 2.75) is 139 Å². The van der Waals surface area contributed by atoms with Gasteiger partial charge in [0.2, 0.25) is 0 Å². The predicted octanol–water partition coefficient (Wildman–Crippen LogP) is 9.31. The summed E-state index contributed by atoms with van der Waals surface area (Å²) in [5.74, 6) is -0.184. The Hall–Kier alpha value is -4.87. The lowest BCUT2D eigenvalue weighted by Crippen LogP contribution is -2.66. The molecular weight excluding hydrogens is 905 g/mol. The zero-order chi connectivity index (χ0) is 49.3. The molecule has 0 bridgehead atoms. The molecule has 0 saturated carbocycles. The molecule has 0 unspecified atom stereocenters. The number of esters is 1. The fourth-order valence-electron chi connectivity index (χ4n) is 8.82. The van der Waals surface area contributed by atoms with Crippen molar-refractivity contribution in [3.63, 3.8) is 0 Å². The summed E-state index contributed by atoms with van der Waals surface area (Å²) >= 11 is 0. The Balaban J connectivity index is 1.21. The second-order valence-corrected chi connectivity index (χ2v) is 18.0. The molecule has 2 fully saturated rings. The fraction of sp³-hybridized carbons (Fsp3) is 0.466. The number of aliphatic hydroxyl groups is 1. The summed E-state index contributed by atoms with van der Waals surface area (Å²) in [4.78, 5) is 11.6.